The van der Waals surface area contributed by atoms with Crippen molar-refractivity contribution >= 4 is 10.9 Å². The largest absolute Gasteiger partial charge is 0.495 e. The molecule has 2 aromatic rings. The monoisotopic (exact) mass is 289 g/mol. The Kier molecular flexibility index (Phi) is 3.55. The predicted molar refractivity (Wildman–Crippen MR) is 81.0 cm³/mol. The summed E-state index contributed by atoms with van der Waals surface area (Å²) in [5, 5.41) is 3.83. The highest BCUT2D eigenvalue weighted by atomic mass is 16.5. The van der Waals surface area contributed by atoms with E-state index in [-0.39, 0.29) is 17.3 Å². The first-order valence-electron chi connectivity index (χ1n) is 7.13. The molecule has 1 N–H and O–H groups in total. The van der Waals surface area contributed by atoms with Gasteiger partial charge >= 0.3 is 5.69 Å². The van der Waals surface area contributed by atoms with Crippen molar-refractivity contribution in [1.29, 1.82) is 0 Å². The van der Waals surface area contributed by atoms with Gasteiger partial charge in [0.05, 0.1) is 12.5 Å². The van der Waals surface area contributed by atoms with Crippen molar-refractivity contribution < 1.29 is 4.74 Å². The molecule has 21 heavy (non-hydrogen) atoms. The molecule has 1 fully saturated rings. The second-order valence-electron chi connectivity index (χ2n) is 5.41. The standard InChI is InChI=1S/C15H19N3O3/c1-17-13-11(6-3-7-12(13)21-2)14(19)18(15(17)20)9-10-5-4-8-16-10/h3,6-7,10,16H,4-5,8-9H2,1-2H3. The van der Waals surface area contributed by atoms with Crippen LogP contribution < -0.4 is 21.3 Å². The zero-order valence-electron chi connectivity index (χ0n) is 12.3. The maximum Gasteiger partial charge on any atom is 0.331 e. The van der Waals surface area contributed by atoms with Crippen LogP contribution in [0.1, 0.15) is 12.8 Å². The van der Waals surface area contributed by atoms with E-state index in [1.807, 2.05) is 0 Å². The van der Waals surface area contributed by atoms with E-state index in [4.69, 9.17) is 4.74 Å². The zero-order chi connectivity index (χ0) is 15.0. The van der Waals surface area contributed by atoms with E-state index in [0.29, 0.717) is 23.2 Å². The summed E-state index contributed by atoms with van der Waals surface area (Å²) < 4.78 is 8.09. The third-order valence-corrected chi connectivity index (χ3v) is 4.11. The van der Waals surface area contributed by atoms with E-state index >= 15 is 0 Å². The van der Waals surface area contributed by atoms with Crippen molar-refractivity contribution in [1.82, 2.24) is 14.5 Å². The Morgan fingerprint density at radius 2 is 2.19 bits per heavy atom. The van der Waals surface area contributed by atoms with Crippen LogP contribution in [0.25, 0.3) is 10.9 Å². The van der Waals surface area contributed by atoms with Gasteiger partial charge in [-0.05, 0) is 31.5 Å². The normalized spacial score (nSPS) is 18.3. The lowest BCUT2D eigenvalue weighted by Gasteiger charge is -2.15. The number of aromatic nitrogens is 2. The van der Waals surface area contributed by atoms with Crippen molar-refractivity contribution in [2.75, 3.05) is 13.7 Å². The van der Waals surface area contributed by atoms with Crippen molar-refractivity contribution in [2.45, 2.75) is 25.4 Å². The number of nitrogens with zero attached hydrogens (tertiary/aromatic N) is 2. The Morgan fingerprint density at radius 1 is 1.38 bits per heavy atom. The fourth-order valence-corrected chi connectivity index (χ4v) is 3.01. The molecule has 1 aromatic carbocycles. The molecule has 0 bridgehead atoms. The molecule has 0 saturated carbocycles. The molecule has 1 aliphatic rings. The SMILES string of the molecule is COc1cccc2c(=O)n(CC3CCCN3)c(=O)n(C)c12. The maximum absolute atomic E-state index is 12.6. The third kappa shape index (κ3) is 2.25. The third-order valence-electron chi connectivity index (χ3n) is 4.11. The Hall–Kier alpha value is -2.08. The van der Waals surface area contributed by atoms with Gasteiger partial charge in [0, 0.05) is 19.6 Å². The number of hydrogen-bond acceptors (Lipinski definition) is 4. The van der Waals surface area contributed by atoms with Gasteiger partial charge in [-0.15, -0.1) is 0 Å². The minimum absolute atomic E-state index is 0.193. The highest BCUT2D eigenvalue weighted by Crippen LogP contribution is 2.21. The minimum atomic E-state index is -0.300. The van der Waals surface area contributed by atoms with Gasteiger partial charge < -0.3 is 10.1 Å². The molecule has 1 atom stereocenters. The van der Waals surface area contributed by atoms with Crippen LogP contribution in [0, 0.1) is 0 Å². The fraction of sp³-hybridized carbons (Fsp3) is 0.467. The Labute approximate surface area is 122 Å². The Morgan fingerprint density at radius 3 is 2.86 bits per heavy atom. The molecule has 1 aliphatic heterocycles. The highest BCUT2D eigenvalue weighted by Gasteiger charge is 2.19. The average molecular weight is 289 g/mol. The van der Waals surface area contributed by atoms with Crippen LogP contribution in [-0.2, 0) is 13.6 Å². The Balaban J connectivity index is 2.23. The van der Waals surface area contributed by atoms with E-state index in [0.717, 1.165) is 19.4 Å². The smallest absolute Gasteiger partial charge is 0.331 e. The quantitative estimate of drug-likeness (QED) is 0.891. The zero-order valence-corrected chi connectivity index (χ0v) is 12.3. The number of aryl methyl sites for hydroxylation is 1. The van der Waals surface area contributed by atoms with Crippen LogP contribution in [0.15, 0.2) is 27.8 Å². The van der Waals surface area contributed by atoms with Gasteiger partial charge in [0.15, 0.2) is 0 Å². The lowest BCUT2D eigenvalue weighted by atomic mass is 10.2. The molecule has 1 saturated heterocycles. The number of fused-ring (bicyclic) bond motifs is 1. The van der Waals surface area contributed by atoms with Crippen molar-refractivity contribution in [3.8, 4) is 5.75 Å². The maximum atomic E-state index is 12.6. The predicted octanol–water partition coefficient (Wildman–Crippen LogP) is 0.461. The second kappa shape index (κ2) is 5.37. The molecular formula is C15H19N3O3. The first kappa shape index (κ1) is 13.9. The van der Waals surface area contributed by atoms with Crippen LogP contribution in [-0.4, -0.2) is 28.8 Å². The summed E-state index contributed by atoms with van der Waals surface area (Å²) in [4.78, 5) is 25.1. The van der Waals surface area contributed by atoms with E-state index in [1.54, 1.807) is 25.2 Å². The van der Waals surface area contributed by atoms with Crippen LogP contribution in [0.5, 0.6) is 5.75 Å². The summed E-state index contributed by atoms with van der Waals surface area (Å²) in [5.41, 5.74) is -0.00275. The number of rotatable bonds is 3. The van der Waals surface area contributed by atoms with Gasteiger partial charge in [-0.25, -0.2) is 4.79 Å². The molecule has 0 aliphatic carbocycles. The first-order valence-corrected chi connectivity index (χ1v) is 7.13. The van der Waals surface area contributed by atoms with E-state index in [2.05, 4.69) is 5.32 Å². The van der Waals surface area contributed by atoms with Crippen LogP contribution in [0.4, 0.5) is 0 Å². The number of nitrogens with one attached hydrogen (secondary N) is 1. The Bertz CT molecular complexity index is 785. The molecule has 3 rings (SSSR count). The van der Waals surface area contributed by atoms with Gasteiger partial charge in [-0.2, -0.15) is 0 Å². The number of hydrogen-bond donors (Lipinski definition) is 1. The molecule has 0 amide bonds. The molecule has 112 valence electrons. The summed E-state index contributed by atoms with van der Waals surface area (Å²) in [6, 6.07) is 5.45. The lowest BCUT2D eigenvalue weighted by Crippen LogP contribution is -2.43. The van der Waals surface area contributed by atoms with Gasteiger partial charge in [0.2, 0.25) is 0 Å². The van der Waals surface area contributed by atoms with Crippen LogP contribution in [0.3, 0.4) is 0 Å². The number of benzene rings is 1. The molecule has 6 nitrogen and oxygen atoms in total. The molecule has 2 heterocycles. The molecule has 6 heteroatoms. The molecule has 0 radical (unpaired) electrons. The summed E-state index contributed by atoms with van der Waals surface area (Å²) in [5.74, 6) is 0.537. The summed E-state index contributed by atoms with van der Waals surface area (Å²) >= 11 is 0. The topological polar surface area (TPSA) is 65.3 Å². The molecule has 1 unspecified atom stereocenters. The summed E-state index contributed by atoms with van der Waals surface area (Å²) in [6.07, 6.45) is 2.08. The fourth-order valence-electron chi connectivity index (χ4n) is 3.01. The average Bonchev–Trinajstić information content (AvgIpc) is 3.01. The van der Waals surface area contributed by atoms with E-state index in [1.165, 1.54) is 16.2 Å². The van der Waals surface area contributed by atoms with Crippen LogP contribution >= 0.6 is 0 Å². The minimum Gasteiger partial charge on any atom is -0.495 e. The number of ether oxygens (including phenoxy) is 1. The molecule has 1 aromatic heterocycles. The van der Waals surface area contributed by atoms with Crippen molar-refractivity contribution in [3.05, 3.63) is 39.0 Å². The van der Waals surface area contributed by atoms with Crippen LogP contribution in [0.2, 0.25) is 0 Å². The highest BCUT2D eigenvalue weighted by molar-refractivity contribution is 5.84. The van der Waals surface area contributed by atoms with Gasteiger partial charge in [-0.3, -0.25) is 13.9 Å². The van der Waals surface area contributed by atoms with Crippen molar-refractivity contribution in [3.63, 3.8) is 0 Å². The summed E-state index contributed by atoms with van der Waals surface area (Å²) in [6.45, 7) is 1.36. The van der Waals surface area contributed by atoms with Crippen molar-refractivity contribution in [2.24, 2.45) is 7.05 Å². The number of para-hydroxylation sites is 1. The molecule has 0 spiro atoms. The van der Waals surface area contributed by atoms with E-state index in [9.17, 15) is 9.59 Å². The lowest BCUT2D eigenvalue weighted by molar-refractivity contribution is 0.416. The first-order chi connectivity index (χ1) is 10.1. The number of methoxy groups -OCH3 is 1. The summed E-state index contributed by atoms with van der Waals surface area (Å²) in [7, 11) is 3.21. The second-order valence-corrected chi connectivity index (χ2v) is 5.41. The molecular weight excluding hydrogens is 270 g/mol. The van der Waals surface area contributed by atoms with Gasteiger partial charge in [-0.1, -0.05) is 6.07 Å². The van der Waals surface area contributed by atoms with Gasteiger partial charge in [0.25, 0.3) is 5.56 Å². The van der Waals surface area contributed by atoms with Gasteiger partial charge in [0.1, 0.15) is 11.3 Å². The van der Waals surface area contributed by atoms with E-state index < -0.39 is 0 Å².